The van der Waals surface area contributed by atoms with Gasteiger partial charge in [0.2, 0.25) is 0 Å². The minimum atomic E-state index is -4.56. The SMILES string of the molecule is CCNc1cc(N2Cc3c(cc(CNC4(C)CCC4)cc3C(F)(F)F)C2=O)cc(C2(Cc3nncn3C)CCC2)c1. The zero-order chi connectivity index (χ0) is 29.0. The zero-order valence-electron chi connectivity index (χ0n) is 23.9. The van der Waals surface area contributed by atoms with Gasteiger partial charge in [0.1, 0.15) is 12.2 Å². The number of carbonyl (C=O) groups is 1. The molecule has 2 fully saturated rings. The van der Waals surface area contributed by atoms with Crippen LogP contribution in [0.4, 0.5) is 24.5 Å². The molecule has 3 aliphatic rings. The summed E-state index contributed by atoms with van der Waals surface area (Å²) in [4.78, 5) is 15.3. The van der Waals surface area contributed by atoms with E-state index in [0.29, 0.717) is 30.8 Å². The van der Waals surface area contributed by atoms with E-state index in [4.69, 9.17) is 0 Å². The third-order valence-electron chi connectivity index (χ3n) is 9.42. The number of hydrogen-bond acceptors (Lipinski definition) is 5. The van der Waals surface area contributed by atoms with E-state index >= 15 is 0 Å². The molecule has 1 amide bonds. The maximum atomic E-state index is 14.3. The Hall–Kier alpha value is -3.40. The summed E-state index contributed by atoms with van der Waals surface area (Å²) in [7, 11) is 1.93. The first kappa shape index (κ1) is 27.8. The highest BCUT2D eigenvalue weighted by Crippen LogP contribution is 2.48. The van der Waals surface area contributed by atoms with Crippen LogP contribution >= 0.6 is 0 Å². The third kappa shape index (κ3) is 5.11. The van der Waals surface area contributed by atoms with Crippen molar-refractivity contribution in [2.45, 2.75) is 89.0 Å². The van der Waals surface area contributed by atoms with Crippen molar-refractivity contribution >= 4 is 17.3 Å². The second kappa shape index (κ2) is 10.2. The number of amides is 1. The fraction of sp³-hybridized carbons (Fsp3) is 0.516. The molecule has 1 aliphatic heterocycles. The predicted molar refractivity (Wildman–Crippen MR) is 152 cm³/mol. The van der Waals surface area contributed by atoms with Crippen molar-refractivity contribution in [3.05, 3.63) is 70.3 Å². The van der Waals surface area contributed by atoms with Gasteiger partial charge in [0.15, 0.2) is 0 Å². The van der Waals surface area contributed by atoms with Crippen LogP contribution in [0, 0.1) is 0 Å². The second-order valence-electron chi connectivity index (χ2n) is 12.3. The molecule has 2 heterocycles. The third-order valence-corrected chi connectivity index (χ3v) is 9.42. The average Bonchev–Trinajstić information content (AvgIpc) is 3.44. The maximum absolute atomic E-state index is 14.3. The normalized spacial score (nSPS) is 19.1. The van der Waals surface area contributed by atoms with Crippen LogP contribution in [-0.2, 0) is 38.1 Å². The lowest BCUT2D eigenvalue weighted by Crippen LogP contribution is -2.47. The van der Waals surface area contributed by atoms with E-state index in [1.54, 1.807) is 12.4 Å². The molecule has 0 unspecified atom stereocenters. The Morgan fingerprint density at radius 3 is 2.39 bits per heavy atom. The topological polar surface area (TPSA) is 75.1 Å². The molecule has 2 saturated carbocycles. The maximum Gasteiger partial charge on any atom is 0.416 e. The number of anilines is 2. The summed E-state index contributed by atoms with van der Waals surface area (Å²) < 4.78 is 44.9. The van der Waals surface area contributed by atoms with E-state index in [-0.39, 0.29) is 28.6 Å². The smallest absolute Gasteiger partial charge is 0.385 e. The van der Waals surface area contributed by atoms with Crippen LogP contribution in [0.2, 0.25) is 0 Å². The van der Waals surface area contributed by atoms with Gasteiger partial charge in [-0.3, -0.25) is 4.79 Å². The Balaban J connectivity index is 1.36. The molecule has 3 aromatic rings. The summed E-state index contributed by atoms with van der Waals surface area (Å²) in [5.74, 6) is 0.495. The molecule has 218 valence electrons. The Kier molecular flexibility index (Phi) is 6.87. The van der Waals surface area contributed by atoms with Crippen molar-refractivity contribution in [2.75, 3.05) is 16.8 Å². The molecular weight excluding hydrogens is 529 g/mol. The molecule has 1 aromatic heterocycles. The lowest BCUT2D eigenvalue weighted by atomic mass is 9.62. The lowest BCUT2D eigenvalue weighted by Gasteiger charge is -2.43. The molecule has 2 N–H and O–H groups in total. The van der Waals surface area contributed by atoms with Crippen molar-refractivity contribution < 1.29 is 18.0 Å². The number of halogens is 3. The molecule has 7 nitrogen and oxygen atoms in total. The Labute approximate surface area is 238 Å². The highest BCUT2D eigenvalue weighted by atomic mass is 19.4. The fourth-order valence-corrected chi connectivity index (χ4v) is 6.55. The largest absolute Gasteiger partial charge is 0.416 e. The van der Waals surface area contributed by atoms with Crippen LogP contribution in [-0.4, -0.2) is 32.8 Å². The number of aromatic nitrogens is 3. The van der Waals surface area contributed by atoms with Crippen LogP contribution in [0.3, 0.4) is 0 Å². The molecule has 2 aromatic carbocycles. The van der Waals surface area contributed by atoms with Gasteiger partial charge in [0, 0.05) is 54.5 Å². The molecule has 10 heteroatoms. The Bertz CT molecular complexity index is 1470. The number of carbonyl (C=O) groups excluding carboxylic acids is 1. The number of alkyl halides is 3. The first-order valence-corrected chi connectivity index (χ1v) is 14.5. The molecular formula is C31H37F3N6O. The zero-order valence-corrected chi connectivity index (χ0v) is 23.9. The van der Waals surface area contributed by atoms with Crippen molar-refractivity contribution in [3.63, 3.8) is 0 Å². The molecule has 0 atom stereocenters. The van der Waals surface area contributed by atoms with Gasteiger partial charge < -0.3 is 20.1 Å². The van der Waals surface area contributed by atoms with Gasteiger partial charge in [-0.05, 0) is 93.0 Å². The highest BCUT2D eigenvalue weighted by Gasteiger charge is 2.43. The first-order valence-electron chi connectivity index (χ1n) is 14.5. The monoisotopic (exact) mass is 566 g/mol. The quantitative estimate of drug-likeness (QED) is 0.326. The summed E-state index contributed by atoms with van der Waals surface area (Å²) in [5.41, 5.74) is 2.27. The van der Waals surface area contributed by atoms with Gasteiger partial charge in [-0.15, -0.1) is 10.2 Å². The first-order chi connectivity index (χ1) is 19.5. The van der Waals surface area contributed by atoms with Crippen molar-refractivity contribution in [1.29, 1.82) is 0 Å². The number of aryl methyl sites for hydroxylation is 1. The molecule has 41 heavy (non-hydrogen) atoms. The van der Waals surface area contributed by atoms with Gasteiger partial charge in [0.05, 0.1) is 12.1 Å². The summed E-state index contributed by atoms with van der Waals surface area (Å²) in [6, 6.07) is 8.85. The van der Waals surface area contributed by atoms with E-state index in [9.17, 15) is 18.0 Å². The number of fused-ring (bicyclic) bond motifs is 1. The van der Waals surface area contributed by atoms with Gasteiger partial charge in [-0.25, -0.2) is 0 Å². The van der Waals surface area contributed by atoms with Crippen LogP contribution < -0.4 is 15.5 Å². The standard InChI is InChI=1S/C31H37F3N6O/c1-4-35-22-13-21(30(9-6-10-30)16-27-38-37-19-39(27)3)14-23(15-22)40-18-25-24(28(40)41)11-20(12-26(25)31(32,33)34)17-36-29(2)7-5-8-29/h11-15,19,35-36H,4-10,16-18H2,1-3H3. The summed E-state index contributed by atoms with van der Waals surface area (Å²) in [6.45, 7) is 4.96. The number of rotatable bonds is 9. The molecule has 0 saturated heterocycles. The van der Waals surface area contributed by atoms with E-state index in [2.05, 4.69) is 33.8 Å². The number of nitrogens with one attached hydrogen (secondary N) is 2. The minimum absolute atomic E-state index is 0.0500. The van der Waals surface area contributed by atoms with Crippen LogP contribution in [0.15, 0.2) is 36.7 Å². The fourth-order valence-electron chi connectivity index (χ4n) is 6.55. The van der Waals surface area contributed by atoms with Crippen LogP contribution in [0.5, 0.6) is 0 Å². The second-order valence-corrected chi connectivity index (χ2v) is 12.3. The lowest BCUT2D eigenvalue weighted by molar-refractivity contribution is -0.138. The minimum Gasteiger partial charge on any atom is -0.385 e. The van der Waals surface area contributed by atoms with Crippen LogP contribution in [0.25, 0.3) is 0 Å². The van der Waals surface area contributed by atoms with E-state index in [1.165, 1.54) is 11.0 Å². The number of benzene rings is 2. The number of nitrogens with zero attached hydrogens (tertiary/aromatic N) is 4. The van der Waals surface area contributed by atoms with Gasteiger partial charge in [-0.1, -0.05) is 6.42 Å². The average molecular weight is 567 g/mol. The summed E-state index contributed by atoms with van der Waals surface area (Å²) in [6.07, 6.45) is 3.98. The van der Waals surface area contributed by atoms with Crippen molar-refractivity contribution in [1.82, 2.24) is 20.1 Å². The van der Waals surface area contributed by atoms with Crippen molar-refractivity contribution in [3.8, 4) is 0 Å². The molecule has 2 aliphatic carbocycles. The summed E-state index contributed by atoms with van der Waals surface area (Å²) >= 11 is 0. The molecule has 6 rings (SSSR count). The Morgan fingerprint density at radius 2 is 1.80 bits per heavy atom. The molecule has 0 radical (unpaired) electrons. The summed E-state index contributed by atoms with van der Waals surface area (Å²) in [5, 5.41) is 15.1. The van der Waals surface area contributed by atoms with E-state index in [1.807, 2.05) is 30.7 Å². The molecule has 0 spiro atoms. The van der Waals surface area contributed by atoms with E-state index < -0.39 is 17.6 Å². The van der Waals surface area contributed by atoms with Crippen molar-refractivity contribution in [2.24, 2.45) is 7.05 Å². The predicted octanol–water partition coefficient (Wildman–Crippen LogP) is 6.12. The van der Waals surface area contributed by atoms with Gasteiger partial charge in [0.25, 0.3) is 5.91 Å². The highest BCUT2D eigenvalue weighted by molar-refractivity contribution is 6.10. The van der Waals surface area contributed by atoms with Gasteiger partial charge >= 0.3 is 6.18 Å². The Morgan fingerprint density at radius 1 is 1.05 bits per heavy atom. The number of hydrogen-bond donors (Lipinski definition) is 2. The molecule has 0 bridgehead atoms. The van der Waals surface area contributed by atoms with Crippen LogP contribution in [0.1, 0.15) is 90.8 Å². The van der Waals surface area contributed by atoms with E-state index in [0.717, 1.165) is 55.6 Å². The van der Waals surface area contributed by atoms with Gasteiger partial charge in [-0.2, -0.15) is 13.2 Å².